The minimum absolute atomic E-state index is 0.0436. The Hall–Kier alpha value is -2.28. The summed E-state index contributed by atoms with van der Waals surface area (Å²) in [5.74, 6) is -0.267. The fourth-order valence-electron chi connectivity index (χ4n) is 3.02. The molecule has 0 radical (unpaired) electrons. The van der Waals surface area contributed by atoms with E-state index in [4.69, 9.17) is 32.7 Å². The van der Waals surface area contributed by atoms with E-state index in [1.165, 1.54) is 4.90 Å². The number of hydrogen-bond donors (Lipinski definition) is 1. The van der Waals surface area contributed by atoms with Crippen LogP contribution >= 0.6 is 23.2 Å². The van der Waals surface area contributed by atoms with Gasteiger partial charge >= 0.3 is 0 Å². The summed E-state index contributed by atoms with van der Waals surface area (Å²) in [6.45, 7) is 0.960. The first kappa shape index (κ1) is 21.4. The molecule has 8 heteroatoms. The van der Waals surface area contributed by atoms with Crippen molar-refractivity contribution in [3.8, 4) is 5.75 Å². The van der Waals surface area contributed by atoms with Crippen LogP contribution in [0.25, 0.3) is 0 Å². The fraction of sp³-hybridized carbons (Fsp3) is 0.333. The molecule has 1 fully saturated rings. The van der Waals surface area contributed by atoms with Gasteiger partial charge in [-0.15, -0.1) is 0 Å². The third-order valence-electron chi connectivity index (χ3n) is 4.52. The normalized spacial score (nSPS) is 15.8. The Bertz CT molecular complexity index is 864. The maximum atomic E-state index is 12.9. The Morgan fingerprint density at radius 2 is 1.90 bits per heavy atom. The summed E-state index contributed by atoms with van der Waals surface area (Å²) in [4.78, 5) is 26.6. The molecule has 154 valence electrons. The molecule has 1 aliphatic heterocycles. The first-order valence-corrected chi connectivity index (χ1v) is 10.0. The summed E-state index contributed by atoms with van der Waals surface area (Å²) >= 11 is 12.1. The van der Waals surface area contributed by atoms with Crippen LogP contribution in [0.5, 0.6) is 5.75 Å². The van der Waals surface area contributed by atoms with Gasteiger partial charge in [0.25, 0.3) is 5.91 Å². The lowest BCUT2D eigenvalue weighted by Crippen LogP contribution is -2.35. The van der Waals surface area contributed by atoms with Crippen molar-refractivity contribution in [2.75, 3.05) is 32.1 Å². The highest BCUT2D eigenvalue weighted by molar-refractivity contribution is 6.39. The Balaban J connectivity index is 1.63. The van der Waals surface area contributed by atoms with Crippen molar-refractivity contribution < 1.29 is 19.1 Å². The van der Waals surface area contributed by atoms with E-state index in [1.807, 2.05) is 0 Å². The molecule has 1 unspecified atom stereocenters. The van der Waals surface area contributed by atoms with Gasteiger partial charge in [-0.3, -0.25) is 9.59 Å². The molecule has 6 nitrogen and oxygen atoms in total. The van der Waals surface area contributed by atoms with E-state index in [2.05, 4.69) is 5.32 Å². The smallest absolute Gasteiger partial charge is 0.257 e. The molecule has 29 heavy (non-hydrogen) atoms. The summed E-state index contributed by atoms with van der Waals surface area (Å²) in [5, 5.41) is 3.30. The van der Waals surface area contributed by atoms with Crippen molar-refractivity contribution in [2.24, 2.45) is 0 Å². The molecular weight excluding hydrogens is 415 g/mol. The summed E-state index contributed by atoms with van der Waals surface area (Å²) in [5.41, 5.74) is 0.707. The van der Waals surface area contributed by atoms with Crippen molar-refractivity contribution in [1.29, 1.82) is 0 Å². The second-order valence-corrected chi connectivity index (χ2v) is 7.56. The molecular formula is C21H22Cl2N2O4. The van der Waals surface area contributed by atoms with Crippen LogP contribution in [0.3, 0.4) is 0 Å². The van der Waals surface area contributed by atoms with E-state index in [0.29, 0.717) is 33.7 Å². The van der Waals surface area contributed by atoms with Gasteiger partial charge in [0.2, 0.25) is 5.91 Å². The van der Waals surface area contributed by atoms with Crippen LogP contribution in [-0.2, 0) is 9.53 Å². The number of amides is 2. The van der Waals surface area contributed by atoms with Crippen molar-refractivity contribution in [3.63, 3.8) is 0 Å². The maximum Gasteiger partial charge on any atom is 0.257 e. The van der Waals surface area contributed by atoms with E-state index in [9.17, 15) is 9.59 Å². The minimum Gasteiger partial charge on any atom is -0.490 e. The number of carbonyl (C=O) groups excluding carboxylic acids is 2. The quantitative estimate of drug-likeness (QED) is 0.703. The standard InChI is InChI=1S/C21H22Cl2N2O4/c1-25(12-19(26)24-20-16(22)8-4-9-17(20)23)21(27)15-7-2-3-10-18(15)29-13-14-6-5-11-28-14/h2-4,7-10,14H,5-6,11-13H2,1H3,(H,24,26). The van der Waals surface area contributed by atoms with Gasteiger partial charge in [0.15, 0.2) is 0 Å². The van der Waals surface area contributed by atoms with Crippen LogP contribution in [0.15, 0.2) is 42.5 Å². The predicted octanol–water partition coefficient (Wildman–Crippen LogP) is 4.26. The first-order valence-electron chi connectivity index (χ1n) is 9.28. The van der Waals surface area contributed by atoms with Gasteiger partial charge < -0.3 is 19.7 Å². The Morgan fingerprint density at radius 3 is 2.59 bits per heavy atom. The van der Waals surface area contributed by atoms with Crippen molar-refractivity contribution in [2.45, 2.75) is 18.9 Å². The SMILES string of the molecule is CN(CC(=O)Nc1c(Cl)cccc1Cl)C(=O)c1ccccc1OCC1CCCO1. The van der Waals surface area contributed by atoms with Crippen LogP contribution in [0.4, 0.5) is 5.69 Å². The van der Waals surface area contributed by atoms with Crippen molar-refractivity contribution in [3.05, 3.63) is 58.1 Å². The number of halogens is 2. The molecule has 0 saturated carbocycles. The lowest BCUT2D eigenvalue weighted by Gasteiger charge is -2.20. The molecule has 1 N–H and O–H groups in total. The van der Waals surface area contributed by atoms with E-state index >= 15 is 0 Å². The molecule has 1 atom stereocenters. The molecule has 1 aliphatic rings. The molecule has 2 aromatic rings. The zero-order valence-electron chi connectivity index (χ0n) is 16.0. The summed E-state index contributed by atoms with van der Waals surface area (Å²) in [6.07, 6.45) is 2.00. The molecule has 0 bridgehead atoms. The largest absolute Gasteiger partial charge is 0.490 e. The lowest BCUT2D eigenvalue weighted by molar-refractivity contribution is -0.116. The topological polar surface area (TPSA) is 67.9 Å². The average molecular weight is 437 g/mol. The number of para-hydroxylation sites is 2. The third-order valence-corrected chi connectivity index (χ3v) is 5.15. The fourth-order valence-corrected chi connectivity index (χ4v) is 3.51. The summed E-state index contributed by atoms with van der Waals surface area (Å²) in [6, 6.07) is 11.9. The first-order chi connectivity index (χ1) is 14.0. The van der Waals surface area contributed by atoms with Crippen LogP contribution in [-0.4, -0.2) is 49.6 Å². The molecule has 0 aromatic heterocycles. The van der Waals surface area contributed by atoms with Crippen molar-refractivity contribution >= 4 is 40.7 Å². The van der Waals surface area contributed by atoms with E-state index in [-0.39, 0.29) is 18.6 Å². The molecule has 0 aliphatic carbocycles. The Morgan fingerprint density at radius 1 is 1.17 bits per heavy atom. The van der Waals surface area contributed by atoms with Gasteiger partial charge in [-0.1, -0.05) is 41.4 Å². The number of hydrogen-bond acceptors (Lipinski definition) is 4. The van der Waals surface area contributed by atoms with Gasteiger partial charge in [0.1, 0.15) is 12.4 Å². The molecule has 3 rings (SSSR count). The third kappa shape index (κ3) is 5.63. The molecule has 2 aromatic carbocycles. The monoisotopic (exact) mass is 436 g/mol. The van der Waals surface area contributed by atoms with E-state index in [1.54, 1.807) is 49.5 Å². The van der Waals surface area contributed by atoms with Crippen LogP contribution in [0.2, 0.25) is 10.0 Å². The van der Waals surface area contributed by atoms with Gasteiger partial charge in [0.05, 0.1) is 33.9 Å². The van der Waals surface area contributed by atoms with E-state index < -0.39 is 5.91 Å². The molecule has 0 spiro atoms. The van der Waals surface area contributed by atoms with E-state index in [0.717, 1.165) is 19.4 Å². The van der Waals surface area contributed by atoms with Crippen molar-refractivity contribution in [1.82, 2.24) is 4.90 Å². The molecule has 1 heterocycles. The lowest BCUT2D eigenvalue weighted by atomic mass is 10.1. The number of carbonyl (C=O) groups is 2. The zero-order chi connectivity index (χ0) is 20.8. The van der Waals surface area contributed by atoms with Gasteiger partial charge in [-0.25, -0.2) is 0 Å². The number of benzene rings is 2. The highest BCUT2D eigenvalue weighted by Crippen LogP contribution is 2.29. The molecule has 2 amide bonds. The number of anilines is 1. The summed E-state index contributed by atoms with van der Waals surface area (Å²) < 4.78 is 11.4. The number of nitrogens with zero attached hydrogens (tertiary/aromatic N) is 1. The highest BCUT2D eigenvalue weighted by atomic mass is 35.5. The predicted molar refractivity (Wildman–Crippen MR) is 113 cm³/mol. The number of rotatable bonds is 7. The number of likely N-dealkylation sites (N-methyl/N-ethyl adjacent to an activating group) is 1. The number of ether oxygens (including phenoxy) is 2. The van der Waals surface area contributed by atoms with Gasteiger partial charge in [-0.2, -0.15) is 0 Å². The second kappa shape index (κ2) is 9.96. The van der Waals surface area contributed by atoms with Gasteiger partial charge in [-0.05, 0) is 37.1 Å². The Labute approximate surface area is 179 Å². The minimum atomic E-state index is -0.409. The van der Waals surface area contributed by atoms with Crippen LogP contribution in [0, 0.1) is 0 Å². The Kier molecular flexibility index (Phi) is 7.36. The van der Waals surface area contributed by atoms with Gasteiger partial charge in [0, 0.05) is 13.7 Å². The van der Waals surface area contributed by atoms with Crippen LogP contribution in [0.1, 0.15) is 23.2 Å². The number of nitrogens with one attached hydrogen (secondary N) is 1. The zero-order valence-corrected chi connectivity index (χ0v) is 17.5. The maximum absolute atomic E-state index is 12.9. The van der Waals surface area contributed by atoms with Crippen LogP contribution < -0.4 is 10.1 Å². The molecule has 1 saturated heterocycles. The highest BCUT2D eigenvalue weighted by Gasteiger charge is 2.21. The second-order valence-electron chi connectivity index (χ2n) is 6.75. The average Bonchev–Trinajstić information content (AvgIpc) is 3.22. The summed E-state index contributed by atoms with van der Waals surface area (Å²) in [7, 11) is 1.55.